The molecule has 186 valence electrons. The Bertz CT molecular complexity index is 1040. The molecule has 1 fully saturated rings. The number of carboxylic acid groups (broad SMARTS) is 1. The average molecular weight is 481 g/mol. The lowest BCUT2D eigenvalue weighted by Gasteiger charge is -2.25. The molecule has 2 amide bonds. The van der Waals surface area contributed by atoms with Crippen LogP contribution in [0.25, 0.3) is 11.1 Å². The van der Waals surface area contributed by atoms with Crippen LogP contribution in [0, 0.1) is 0 Å². The second kappa shape index (κ2) is 10.9. The van der Waals surface area contributed by atoms with Crippen LogP contribution in [0.4, 0.5) is 4.79 Å². The Labute approximate surface area is 204 Å². The molecule has 0 spiro atoms. The van der Waals surface area contributed by atoms with Crippen molar-refractivity contribution < 1.29 is 29.3 Å². The predicted octanol–water partition coefficient (Wildman–Crippen LogP) is 3.52. The van der Waals surface area contributed by atoms with E-state index in [1.165, 1.54) is 4.90 Å². The van der Waals surface area contributed by atoms with Gasteiger partial charge in [0.05, 0.1) is 6.10 Å². The van der Waals surface area contributed by atoms with Crippen molar-refractivity contribution in [1.29, 1.82) is 0 Å². The summed E-state index contributed by atoms with van der Waals surface area (Å²) in [5.74, 6) is -1.59. The van der Waals surface area contributed by atoms with E-state index in [9.17, 15) is 24.6 Å². The van der Waals surface area contributed by atoms with E-state index < -0.39 is 36.2 Å². The smallest absolute Gasteiger partial charge is 0.407 e. The number of benzene rings is 2. The molecule has 1 aliphatic heterocycles. The van der Waals surface area contributed by atoms with Crippen LogP contribution in [0.2, 0.25) is 0 Å². The van der Waals surface area contributed by atoms with Crippen LogP contribution in [0.1, 0.15) is 56.1 Å². The van der Waals surface area contributed by atoms with Crippen molar-refractivity contribution in [2.24, 2.45) is 0 Å². The van der Waals surface area contributed by atoms with E-state index in [-0.39, 0.29) is 31.9 Å². The number of rotatable bonds is 9. The van der Waals surface area contributed by atoms with Crippen LogP contribution >= 0.6 is 0 Å². The number of ether oxygens (including phenoxy) is 1. The molecule has 0 bridgehead atoms. The highest BCUT2D eigenvalue weighted by atomic mass is 16.5. The molecule has 2 aromatic carbocycles. The van der Waals surface area contributed by atoms with Crippen molar-refractivity contribution in [2.45, 2.75) is 63.1 Å². The number of nitrogens with one attached hydrogen (secondary N) is 1. The van der Waals surface area contributed by atoms with E-state index in [0.29, 0.717) is 6.42 Å². The molecule has 35 heavy (non-hydrogen) atoms. The van der Waals surface area contributed by atoms with Crippen molar-refractivity contribution in [2.75, 3.05) is 13.2 Å². The maximum atomic E-state index is 12.9. The van der Waals surface area contributed by atoms with Crippen molar-refractivity contribution >= 4 is 18.0 Å². The Balaban J connectivity index is 1.39. The fourth-order valence-corrected chi connectivity index (χ4v) is 5.13. The largest absolute Gasteiger partial charge is 0.480 e. The molecule has 8 nitrogen and oxygen atoms in total. The molecule has 0 saturated carbocycles. The average Bonchev–Trinajstić information content (AvgIpc) is 3.39. The third kappa shape index (κ3) is 5.48. The van der Waals surface area contributed by atoms with Crippen molar-refractivity contribution in [1.82, 2.24) is 10.2 Å². The number of aliphatic hydroxyl groups is 1. The van der Waals surface area contributed by atoms with Gasteiger partial charge in [0.25, 0.3) is 0 Å². The molecule has 0 unspecified atom stereocenters. The van der Waals surface area contributed by atoms with E-state index in [1.807, 2.05) is 43.3 Å². The third-order valence-electron chi connectivity index (χ3n) is 6.88. The number of β-amino-alcohol motifs (C(OH)–C–C–N with tert-alkyl or cyclic N) is 1. The number of aliphatic hydroxyl groups excluding tert-OH is 1. The number of fused-ring (bicyclic) bond motifs is 3. The number of amides is 2. The molecular weight excluding hydrogens is 448 g/mol. The Morgan fingerprint density at radius 3 is 2.31 bits per heavy atom. The number of carbonyl (C=O) groups excluding carboxylic acids is 2. The van der Waals surface area contributed by atoms with Crippen LogP contribution < -0.4 is 5.32 Å². The van der Waals surface area contributed by atoms with Crippen molar-refractivity contribution in [3.8, 4) is 11.1 Å². The molecule has 3 atom stereocenters. The van der Waals surface area contributed by atoms with Crippen LogP contribution in [-0.4, -0.2) is 64.4 Å². The molecule has 1 aliphatic carbocycles. The molecular formula is C27H32N2O6. The number of nitrogens with zero attached hydrogens (tertiary/aromatic N) is 1. The summed E-state index contributed by atoms with van der Waals surface area (Å²) in [4.78, 5) is 38.3. The second-order valence-electron chi connectivity index (χ2n) is 9.30. The molecule has 3 N–H and O–H groups in total. The van der Waals surface area contributed by atoms with Crippen molar-refractivity contribution in [3.63, 3.8) is 0 Å². The van der Waals surface area contributed by atoms with E-state index in [4.69, 9.17) is 4.74 Å². The van der Waals surface area contributed by atoms with Crippen LogP contribution in [-0.2, 0) is 14.3 Å². The lowest BCUT2D eigenvalue weighted by molar-refractivity contribution is -0.148. The molecule has 8 heteroatoms. The van der Waals surface area contributed by atoms with Gasteiger partial charge in [0.1, 0.15) is 12.6 Å². The van der Waals surface area contributed by atoms with Gasteiger partial charge in [0, 0.05) is 31.3 Å². The second-order valence-corrected chi connectivity index (χ2v) is 9.30. The number of hydrogen-bond acceptors (Lipinski definition) is 5. The first-order valence-electron chi connectivity index (χ1n) is 12.2. The number of likely N-dealkylation sites (tertiary alicyclic amines) is 1. The molecule has 1 saturated heterocycles. The first-order chi connectivity index (χ1) is 16.9. The van der Waals surface area contributed by atoms with Gasteiger partial charge in [-0.15, -0.1) is 0 Å². The molecule has 2 aliphatic rings. The zero-order valence-corrected chi connectivity index (χ0v) is 19.9. The highest BCUT2D eigenvalue weighted by Crippen LogP contribution is 2.44. The maximum absolute atomic E-state index is 12.9. The predicted molar refractivity (Wildman–Crippen MR) is 130 cm³/mol. The standard InChI is InChI=1S/C27H32N2O6/c1-2-3-8-17(13-25(31)29-15-18(30)14-24(29)26(32)33)28-27(34)35-16-23-21-11-6-4-9-19(21)20-10-5-7-12-22(20)23/h4-7,9-12,17-18,23-24,30H,2-3,8,13-16H2,1H3,(H,28,34)(H,32,33)/t17-,18-,24-/m0/s1. The highest BCUT2D eigenvalue weighted by Gasteiger charge is 2.39. The summed E-state index contributed by atoms with van der Waals surface area (Å²) in [6.07, 6.45) is 0.771. The quantitative estimate of drug-likeness (QED) is 0.506. The Hall–Kier alpha value is -3.39. The van der Waals surface area contributed by atoms with Gasteiger partial charge in [-0.3, -0.25) is 4.79 Å². The van der Waals surface area contributed by atoms with Gasteiger partial charge in [-0.1, -0.05) is 68.3 Å². The lowest BCUT2D eigenvalue weighted by Crippen LogP contribution is -2.45. The van der Waals surface area contributed by atoms with E-state index >= 15 is 0 Å². The summed E-state index contributed by atoms with van der Waals surface area (Å²) in [6, 6.07) is 14.7. The van der Waals surface area contributed by atoms with Crippen LogP contribution in [0.3, 0.4) is 0 Å². The van der Waals surface area contributed by atoms with Gasteiger partial charge in [0.2, 0.25) is 5.91 Å². The maximum Gasteiger partial charge on any atom is 0.407 e. The van der Waals surface area contributed by atoms with Crippen LogP contribution in [0.5, 0.6) is 0 Å². The van der Waals surface area contributed by atoms with Gasteiger partial charge in [-0.2, -0.15) is 0 Å². The number of alkyl carbamates (subject to hydrolysis) is 1. The fraction of sp³-hybridized carbons (Fsp3) is 0.444. The topological polar surface area (TPSA) is 116 Å². The number of unbranched alkanes of at least 4 members (excludes halogenated alkanes) is 1. The molecule has 1 heterocycles. The summed E-state index contributed by atoms with van der Waals surface area (Å²) in [7, 11) is 0. The van der Waals surface area contributed by atoms with E-state index in [1.54, 1.807) is 0 Å². The minimum atomic E-state index is -1.13. The monoisotopic (exact) mass is 480 g/mol. The highest BCUT2D eigenvalue weighted by molar-refractivity contribution is 5.85. The first kappa shape index (κ1) is 24.7. The van der Waals surface area contributed by atoms with Gasteiger partial charge in [-0.05, 0) is 28.7 Å². The van der Waals surface area contributed by atoms with Crippen molar-refractivity contribution in [3.05, 3.63) is 59.7 Å². The number of hydrogen-bond donors (Lipinski definition) is 3. The molecule has 2 aromatic rings. The summed E-state index contributed by atoms with van der Waals surface area (Å²) in [6.45, 7) is 2.18. The summed E-state index contributed by atoms with van der Waals surface area (Å²) >= 11 is 0. The number of carboxylic acids is 1. The van der Waals surface area contributed by atoms with Gasteiger partial charge in [0.15, 0.2) is 0 Å². The van der Waals surface area contributed by atoms with Gasteiger partial charge in [-0.25, -0.2) is 9.59 Å². The van der Waals surface area contributed by atoms with Gasteiger partial charge < -0.3 is 25.2 Å². The fourth-order valence-electron chi connectivity index (χ4n) is 5.13. The van der Waals surface area contributed by atoms with E-state index in [2.05, 4.69) is 17.4 Å². The minimum Gasteiger partial charge on any atom is -0.480 e. The zero-order chi connectivity index (χ0) is 24.9. The Morgan fingerprint density at radius 1 is 1.09 bits per heavy atom. The Kier molecular flexibility index (Phi) is 7.70. The van der Waals surface area contributed by atoms with E-state index in [0.717, 1.165) is 35.1 Å². The normalized spacial score (nSPS) is 19.7. The lowest BCUT2D eigenvalue weighted by atomic mass is 9.98. The Morgan fingerprint density at radius 2 is 1.71 bits per heavy atom. The first-order valence-corrected chi connectivity index (χ1v) is 12.2. The summed E-state index contributed by atoms with van der Waals surface area (Å²) in [5.41, 5.74) is 4.52. The molecule has 0 aromatic heterocycles. The molecule has 0 radical (unpaired) electrons. The summed E-state index contributed by atoms with van der Waals surface area (Å²) < 4.78 is 5.62. The molecule has 4 rings (SSSR count). The third-order valence-corrected chi connectivity index (χ3v) is 6.88. The summed E-state index contributed by atoms with van der Waals surface area (Å²) in [5, 5.41) is 22.1. The van der Waals surface area contributed by atoms with Crippen LogP contribution in [0.15, 0.2) is 48.5 Å². The SMILES string of the molecule is CCCC[C@@H](CC(=O)N1C[C@@H](O)C[C@H]1C(=O)O)NC(=O)OCC1c2ccccc2-c2ccccc21. The number of carbonyl (C=O) groups is 3. The van der Waals surface area contributed by atoms with Gasteiger partial charge >= 0.3 is 12.1 Å². The number of aliphatic carboxylic acids is 1. The zero-order valence-electron chi connectivity index (χ0n) is 19.9. The minimum absolute atomic E-state index is 0.0127.